The zero-order valence-electron chi connectivity index (χ0n) is 5.37. The van der Waals surface area contributed by atoms with Crippen molar-refractivity contribution in [3.05, 3.63) is 24.3 Å². The molecule has 10 heavy (non-hydrogen) atoms. The summed E-state index contributed by atoms with van der Waals surface area (Å²) in [4.78, 5) is 2.15. The van der Waals surface area contributed by atoms with Crippen LogP contribution in [-0.4, -0.2) is 15.0 Å². The van der Waals surface area contributed by atoms with Crippen molar-refractivity contribution in [2.24, 2.45) is 0 Å². The summed E-state index contributed by atoms with van der Waals surface area (Å²) in [5, 5.41) is 8.35. The van der Waals surface area contributed by atoms with Crippen molar-refractivity contribution in [1.29, 1.82) is 5.26 Å². The van der Waals surface area contributed by atoms with Gasteiger partial charge in [0, 0.05) is 0 Å². The van der Waals surface area contributed by atoms with Crippen LogP contribution >= 0.6 is 0 Å². The molecule has 3 N–H and O–H groups in total. The van der Waals surface area contributed by atoms with Gasteiger partial charge in [-0.25, -0.2) is 0 Å². The van der Waals surface area contributed by atoms with Gasteiger partial charge in [0.15, 0.2) is 0 Å². The Morgan fingerprint density at radius 1 is 1.30 bits per heavy atom. The van der Waals surface area contributed by atoms with Crippen molar-refractivity contribution in [1.82, 2.24) is 0 Å². The third-order valence-electron chi connectivity index (χ3n) is 1.09. The molecule has 0 saturated carbocycles. The van der Waals surface area contributed by atoms with E-state index in [4.69, 9.17) is 5.26 Å². The molecule has 0 amide bonds. The molecule has 0 fully saturated rings. The number of hydrogen-bond donors (Lipinski definition) is 1. The molecule has 0 aliphatic rings. The molecular formula is C7H7N2Se+. The summed E-state index contributed by atoms with van der Waals surface area (Å²) in [7, 11) is 0. The van der Waals surface area contributed by atoms with Gasteiger partial charge >= 0.3 is 65.3 Å². The molecule has 0 aromatic heterocycles. The summed E-state index contributed by atoms with van der Waals surface area (Å²) < 4.78 is 1.11. The molecule has 50 valence electrons. The average Bonchev–Trinajstić information content (AvgIpc) is 1.95. The zero-order chi connectivity index (χ0) is 7.40. The first-order valence-corrected chi connectivity index (χ1v) is 4.52. The minimum absolute atomic E-state index is 0.0201. The SMILES string of the molecule is N#C[Se]c1ccc([NH3+])cc1. The first kappa shape index (κ1) is 7.30. The molecule has 1 aromatic carbocycles. The van der Waals surface area contributed by atoms with Crippen molar-refractivity contribution in [3.63, 3.8) is 0 Å². The minimum atomic E-state index is -0.0201. The van der Waals surface area contributed by atoms with E-state index in [0.717, 1.165) is 10.1 Å². The van der Waals surface area contributed by atoms with E-state index in [1.165, 1.54) is 0 Å². The zero-order valence-corrected chi connectivity index (χ0v) is 7.09. The fourth-order valence-electron chi connectivity index (χ4n) is 0.610. The molecule has 0 saturated heterocycles. The number of hydrogen-bond acceptors (Lipinski definition) is 1. The van der Waals surface area contributed by atoms with Gasteiger partial charge in [-0.1, -0.05) is 0 Å². The van der Waals surface area contributed by atoms with Crippen molar-refractivity contribution in [3.8, 4) is 4.97 Å². The number of nitrogens with zero attached hydrogens (tertiary/aromatic N) is 1. The average molecular weight is 198 g/mol. The Kier molecular flexibility index (Phi) is 2.47. The van der Waals surface area contributed by atoms with E-state index < -0.39 is 0 Å². The summed E-state index contributed by atoms with van der Waals surface area (Å²) in [6, 6.07) is 7.75. The predicted molar refractivity (Wildman–Crippen MR) is 40.0 cm³/mol. The molecule has 0 heterocycles. The monoisotopic (exact) mass is 199 g/mol. The van der Waals surface area contributed by atoms with Crippen LogP contribution in [0.25, 0.3) is 0 Å². The third kappa shape index (κ3) is 1.85. The topological polar surface area (TPSA) is 51.4 Å². The molecule has 0 bridgehead atoms. The summed E-state index contributed by atoms with van der Waals surface area (Å²) in [6.07, 6.45) is 0. The Morgan fingerprint density at radius 2 is 1.90 bits per heavy atom. The first-order valence-electron chi connectivity index (χ1n) is 2.81. The molecule has 3 heteroatoms. The molecule has 0 unspecified atom stereocenters. The Bertz CT molecular complexity index is 247. The normalized spacial score (nSPS) is 8.80. The number of quaternary nitrogens is 1. The molecule has 0 atom stereocenters. The Labute approximate surface area is 65.8 Å². The molecule has 0 spiro atoms. The number of rotatable bonds is 1. The fourth-order valence-corrected chi connectivity index (χ4v) is 1.40. The molecule has 0 aliphatic carbocycles. The molecule has 1 rings (SSSR count). The molecule has 1 aromatic rings. The number of benzene rings is 1. The van der Waals surface area contributed by atoms with Gasteiger partial charge in [-0.05, 0) is 0 Å². The number of nitriles is 1. The standard InChI is InChI=1S/C7H6N2Se/c8-5-10-7-3-1-6(9)2-4-7/h1-4H,9H2/p+1. The predicted octanol–water partition coefficient (Wildman–Crippen LogP) is -0.629. The van der Waals surface area contributed by atoms with Crippen LogP contribution in [0, 0.1) is 10.2 Å². The van der Waals surface area contributed by atoms with Crippen LogP contribution in [0.5, 0.6) is 0 Å². The van der Waals surface area contributed by atoms with Crippen LogP contribution in [0.3, 0.4) is 0 Å². The van der Waals surface area contributed by atoms with Gasteiger partial charge in [0.1, 0.15) is 0 Å². The molecule has 0 radical (unpaired) electrons. The van der Waals surface area contributed by atoms with E-state index in [-0.39, 0.29) is 15.0 Å². The van der Waals surface area contributed by atoms with E-state index in [1.807, 2.05) is 24.3 Å². The van der Waals surface area contributed by atoms with Gasteiger partial charge in [0.05, 0.1) is 0 Å². The summed E-state index contributed by atoms with van der Waals surface area (Å²) in [6.45, 7) is 0. The molecular weight excluding hydrogens is 191 g/mol. The second kappa shape index (κ2) is 3.38. The summed E-state index contributed by atoms with van der Waals surface area (Å²) >= 11 is -0.0201. The van der Waals surface area contributed by atoms with Gasteiger partial charge in [0.25, 0.3) is 0 Å². The summed E-state index contributed by atoms with van der Waals surface area (Å²) in [5.74, 6) is 0. The van der Waals surface area contributed by atoms with Crippen molar-refractivity contribution in [2.75, 3.05) is 0 Å². The second-order valence-corrected chi connectivity index (χ2v) is 3.64. The maximum atomic E-state index is 8.35. The van der Waals surface area contributed by atoms with Gasteiger partial charge in [-0.15, -0.1) is 0 Å². The van der Waals surface area contributed by atoms with E-state index in [9.17, 15) is 0 Å². The van der Waals surface area contributed by atoms with Crippen molar-refractivity contribution >= 4 is 25.1 Å². The van der Waals surface area contributed by atoms with Crippen LogP contribution in [0.2, 0.25) is 0 Å². The van der Waals surface area contributed by atoms with Crippen LogP contribution < -0.4 is 10.2 Å². The Morgan fingerprint density at radius 3 is 2.40 bits per heavy atom. The van der Waals surface area contributed by atoms with Gasteiger partial charge in [-0.3, -0.25) is 0 Å². The van der Waals surface area contributed by atoms with Crippen LogP contribution in [0.4, 0.5) is 5.69 Å². The molecule has 2 nitrogen and oxygen atoms in total. The quantitative estimate of drug-likeness (QED) is 0.600. The van der Waals surface area contributed by atoms with E-state index in [2.05, 4.69) is 10.7 Å². The van der Waals surface area contributed by atoms with Gasteiger partial charge in [0.2, 0.25) is 0 Å². The maximum absolute atomic E-state index is 8.35. The van der Waals surface area contributed by atoms with E-state index >= 15 is 0 Å². The first-order chi connectivity index (χ1) is 4.83. The summed E-state index contributed by atoms with van der Waals surface area (Å²) in [5.41, 5.74) is 4.74. The fraction of sp³-hybridized carbons (Fsp3) is 0. The van der Waals surface area contributed by atoms with Gasteiger partial charge in [-0.2, -0.15) is 0 Å². The van der Waals surface area contributed by atoms with Crippen LogP contribution in [0.1, 0.15) is 0 Å². The van der Waals surface area contributed by atoms with E-state index in [0.29, 0.717) is 0 Å². The molecule has 0 aliphatic heterocycles. The second-order valence-electron chi connectivity index (χ2n) is 1.84. The Hall–Kier alpha value is -0.811. The van der Waals surface area contributed by atoms with Crippen molar-refractivity contribution < 1.29 is 5.73 Å². The van der Waals surface area contributed by atoms with E-state index in [1.54, 1.807) is 0 Å². The van der Waals surface area contributed by atoms with Gasteiger partial charge < -0.3 is 0 Å². The Balaban J connectivity index is 2.81. The van der Waals surface area contributed by atoms with Crippen molar-refractivity contribution in [2.45, 2.75) is 0 Å². The van der Waals surface area contributed by atoms with Crippen LogP contribution in [0.15, 0.2) is 24.3 Å². The third-order valence-corrected chi connectivity index (χ3v) is 2.34. The van der Waals surface area contributed by atoms with Crippen LogP contribution in [-0.2, 0) is 0 Å².